The molecule has 1 aliphatic heterocycles. The average molecular weight is 372 g/mol. The second-order valence-corrected chi connectivity index (χ2v) is 6.78. The van der Waals surface area contributed by atoms with Crippen LogP contribution >= 0.6 is 0 Å². The highest BCUT2D eigenvalue weighted by Crippen LogP contribution is 2.27. The number of carbonyl (C=O) groups is 4. The molecule has 7 heteroatoms. The molecule has 1 aromatic carbocycles. The van der Waals surface area contributed by atoms with Gasteiger partial charge in [-0.3, -0.25) is 19.3 Å². The van der Waals surface area contributed by atoms with Gasteiger partial charge in [-0.2, -0.15) is 0 Å². The molecule has 2 rings (SSSR count). The first kappa shape index (κ1) is 20.4. The monoisotopic (exact) mass is 372 g/mol. The molecule has 2 atom stereocenters. The van der Waals surface area contributed by atoms with Crippen molar-refractivity contribution in [3.8, 4) is 0 Å². The van der Waals surface area contributed by atoms with E-state index < -0.39 is 35.8 Å². The summed E-state index contributed by atoms with van der Waals surface area (Å²) in [7, 11) is 0. The van der Waals surface area contributed by atoms with Crippen LogP contribution in [-0.4, -0.2) is 47.3 Å². The fourth-order valence-electron chi connectivity index (χ4n) is 2.87. The lowest BCUT2D eigenvalue weighted by atomic mass is 10.0. The van der Waals surface area contributed by atoms with Crippen LogP contribution in [0.15, 0.2) is 36.9 Å². The number of esters is 1. The van der Waals surface area contributed by atoms with Crippen LogP contribution in [0.4, 0.5) is 0 Å². The number of fused-ring (bicyclic) bond motifs is 1. The van der Waals surface area contributed by atoms with E-state index in [2.05, 4.69) is 11.9 Å². The highest BCUT2D eigenvalue weighted by atomic mass is 16.5. The predicted octanol–water partition coefficient (Wildman–Crippen LogP) is 1.93. The molecule has 1 aromatic rings. The number of ether oxygens (including phenoxy) is 1. The molecule has 3 amide bonds. The van der Waals surface area contributed by atoms with Crippen molar-refractivity contribution in [3.63, 3.8) is 0 Å². The summed E-state index contributed by atoms with van der Waals surface area (Å²) >= 11 is 0. The van der Waals surface area contributed by atoms with Crippen molar-refractivity contribution in [1.29, 1.82) is 0 Å². The molecule has 0 aromatic heterocycles. The predicted molar refractivity (Wildman–Crippen MR) is 98.9 cm³/mol. The maximum atomic E-state index is 12.7. The summed E-state index contributed by atoms with van der Waals surface area (Å²) in [5, 5.41) is 2.54. The number of carbonyl (C=O) groups excluding carboxylic acids is 4. The Morgan fingerprint density at radius 1 is 1.15 bits per heavy atom. The number of amides is 3. The number of nitrogens with zero attached hydrogens (tertiary/aromatic N) is 1. The molecule has 7 nitrogen and oxygen atoms in total. The number of hydrogen-bond acceptors (Lipinski definition) is 5. The quantitative estimate of drug-likeness (QED) is 0.428. The zero-order valence-corrected chi connectivity index (χ0v) is 15.7. The molecule has 1 N–H and O–H groups in total. The van der Waals surface area contributed by atoms with E-state index >= 15 is 0 Å². The largest absolute Gasteiger partial charge is 0.451 e. The number of rotatable bonds is 8. The molecular weight excluding hydrogens is 348 g/mol. The smallest absolute Gasteiger partial charge is 0.330 e. The Kier molecular flexibility index (Phi) is 6.50. The van der Waals surface area contributed by atoms with Crippen LogP contribution in [0.5, 0.6) is 0 Å². The van der Waals surface area contributed by atoms with Gasteiger partial charge in [0.25, 0.3) is 17.7 Å². The van der Waals surface area contributed by atoms with Crippen molar-refractivity contribution in [1.82, 2.24) is 10.2 Å². The maximum absolute atomic E-state index is 12.7. The van der Waals surface area contributed by atoms with E-state index in [-0.39, 0.29) is 30.0 Å². The van der Waals surface area contributed by atoms with Crippen molar-refractivity contribution in [3.05, 3.63) is 48.0 Å². The lowest BCUT2D eigenvalue weighted by Crippen LogP contribution is -2.48. The average Bonchev–Trinajstić information content (AvgIpc) is 2.88. The summed E-state index contributed by atoms with van der Waals surface area (Å²) in [4.78, 5) is 51.0. The molecule has 0 radical (unpaired) electrons. The van der Waals surface area contributed by atoms with Crippen molar-refractivity contribution >= 4 is 23.7 Å². The topological polar surface area (TPSA) is 92.8 Å². The Balaban J connectivity index is 2.22. The Hall–Kier alpha value is -2.96. The Labute approximate surface area is 158 Å². The van der Waals surface area contributed by atoms with E-state index in [4.69, 9.17) is 4.74 Å². The van der Waals surface area contributed by atoms with E-state index in [9.17, 15) is 19.2 Å². The minimum atomic E-state index is -1.09. The van der Waals surface area contributed by atoms with Gasteiger partial charge >= 0.3 is 5.97 Å². The molecule has 0 spiro atoms. The minimum Gasteiger partial charge on any atom is -0.451 e. The summed E-state index contributed by atoms with van der Waals surface area (Å²) in [5.74, 6) is -2.28. The first-order valence-electron chi connectivity index (χ1n) is 8.84. The van der Waals surface area contributed by atoms with Crippen LogP contribution in [0.2, 0.25) is 0 Å². The maximum Gasteiger partial charge on any atom is 0.330 e. The minimum absolute atomic E-state index is 0.0248. The first-order valence-corrected chi connectivity index (χ1v) is 8.84. The van der Waals surface area contributed by atoms with Crippen LogP contribution in [0.25, 0.3) is 0 Å². The van der Waals surface area contributed by atoms with Crippen LogP contribution < -0.4 is 5.32 Å². The second kappa shape index (κ2) is 8.62. The molecular formula is C20H24N2O5. The third kappa shape index (κ3) is 4.42. The molecule has 1 aliphatic rings. The summed E-state index contributed by atoms with van der Waals surface area (Å²) in [6, 6.07) is 5.34. The number of benzene rings is 1. The normalized spacial score (nSPS) is 15.3. The fourth-order valence-corrected chi connectivity index (χ4v) is 2.87. The van der Waals surface area contributed by atoms with Crippen LogP contribution in [0.1, 0.15) is 47.9 Å². The lowest BCUT2D eigenvalue weighted by molar-refractivity contribution is -0.158. The molecule has 144 valence electrons. The van der Waals surface area contributed by atoms with E-state index in [0.717, 1.165) is 4.90 Å². The Morgan fingerprint density at radius 3 is 2.19 bits per heavy atom. The van der Waals surface area contributed by atoms with Crippen LogP contribution in [-0.2, 0) is 14.3 Å². The number of imide groups is 1. The van der Waals surface area contributed by atoms with Gasteiger partial charge in [-0.1, -0.05) is 32.1 Å². The summed E-state index contributed by atoms with van der Waals surface area (Å²) < 4.78 is 5.25. The zero-order chi connectivity index (χ0) is 20.1. The molecule has 0 saturated carbocycles. The van der Waals surface area contributed by atoms with E-state index in [0.29, 0.717) is 0 Å². The van der Waals surface area contributed by atoms with E-state index in [1.807, 2.05) is 13.8 Å². The standard InChI is InChI=1S/C20H24N2O5/c1-5-10-21-17(23)13(4)27-20(26)16(11-12(2)3)22-18(24)14-8-6-7-9-15(14)19(22)25/h5-9,12-13,16H,1,10-11H2,2-4H3,(H,21,23). The molecule has 0 bridgehead atoms. The number of nitrogens with one attached hydrogen (secondary N) is 1. The van der Waals surface area contributed by atoms with Crippen LogP contribution in [0, 0.1) is 5.92 Å². The third-order valence-electron chi connectivity index (χ3n) is 4.19. The second-order valence-electron chi connectivity index (χ2n) is 6.78. The molecule has 1 heterocycles. The molecule has 27 heavy (non-hydrogen) atoms. The Morgan fingerprint density at radius 2 is 1.70 bits per heavy atom. The lowest BCUT2D eigenvalue weighted by Gasteiger charge is -2.27. The van der Waals surface area contributed by atoms with Gasteiger partial charge in [0, 0.05) is 6.54 Å². The van der Waals surface area contributed by atoms with Crippen LogP contribution in [0.3, 0.4) is 0 Å². The van der Waals surface area contributed by atoms with Gasteiger partial charge in [0.05, 0.1) is 11.1 Å². The van der Waals surface area contributed by atoms with Crippen molar-refractivity contribution in [2.24, 2.45) is 5.92 Å². The van der Waals surface area contributed by atoms with Crippen molar-refractivity contribution < 1.29 is 23.9 Å². The van der Waals surface area contributed by atoms with Crippen molar-refractivity contribution in [2.45, 2.75) is 39.3 Å². The fraction of sp³-hybridized carbons (Fsp3) is 0.400. The summed E-state index contributed by atoms with van der Waals surface area (Å²) in [6.45, 7) is 8.93. The third-order valence-corrected chi connectivity index (χ3v) is 4.19. The molecule has 0 fully saturated rings. The number of hydrogen-bond donors (Lipinski definition) is 1. The van der Waals surface area contributed by atoms with Gasteiger partial charge in [0.2, 0.25) is 0 Å². The van der Waals surface area contributed by atoms with Gasteiger partial charge in [0.15, 0.2) is 6.10 Å². The van der Waals surface area contributed by atoms with E-state index in [1.54, 1.807) is 24.3 Å². The highest BCUT2D eigenvalue weighted by Gasteiger charge is 2.44. The van der Waals surface area contributed by atoms with Gasteiger partial charge in [-0.25, -0.2) is 4.79 Å². The molecule has 0 saturated heterocycles. The van der Waals surface area contributed by atoms with Crippen molar-refractivity contribution in [2.75, 3.05) is 6.54 Å². The van der Waals surface area contributed by atoms with Gasteiger partial charge in [-0.15, -0.1) is 6.58 Å². The Bertz CT molecular complexity index is 736. The first-order chi connectivity index (χ1) is 12.8. The van der Waals surface area contributed by atoms with Gasteiger partial charge in [0.1, 0.15) is 6.04 Å². The van der Waals surface area contributed by atoms with Gasteiger partial charge < -0.3 is 10.1 Å². The summed E-state index contributed by atoms with van der Waals surface area (Å²) in [6.07, 6.45) is 0.695. The molecule has 0 aliphatic carbocycles. The molecule has 2 unspecified atom stereocenters. The SMILES string of the molecule is C=CCNC(=O)C(C)OC(=O)C(CC(C)C)N1C(=O)c2ccccc2C1=O. The highest BCUT2D eigenvalue weighted by molar-refractivity contribution is 6.22. The van der Waals surface area contributed by atoms with Gasteiger partial charge in [-0.05, 0) is 31.4 Å². The summed E-state index contributed by atoms with van der Waals surface area (Å²) in [5.41, 5.74) is 0.529. The zero-order valence-electron chi connectivity index (χ0n) is 15.7. The van der Waals surface area contributed by atoms with E-state index in [1.165, 1.54) is 13.0 Å².